The molecule has 0 amide bonds. The monoisotopic (exact) mass is 454 g/mol. The molecule has 2 aromatic rings. The highest BCUT2D eigenvalue weighted by Crippen LogP contribution is 2.59. The van der Waals surface area contributed by atoms with Gasteiger partial charge in [0.25, 0.3) is 5.79 Å². The van der Waals surface area contributed by atoms with Gasteiger partial charge in [0.05, 0.1) is 0 Å². The van der Waals surface area contributed by atoms with E-state index in [1.807, 2.05) is 0 Å². The van der Waals surface area contributed by atoms with Crippen LogP contribution in [0.3, 0.4) is 0 Å². The standard InChI is InChI=1S/C26H24F2O5/c27-21-10-4-2-8-17(21)19-14-16(29)15-20(18-9-3-5-11-22(18)28)26(19)23(30)32-25(33-24(26)31)12-6-1-7-13-25/h2-5,8-11,19-20H,1,6-7,12-15H2/t19-,20+. The van der Waals surface area contributed by atoms with E-state index in [0.717, 1.165) is 19.3 Å². The molecule has 2 spiro atoms. The van der Waals surface area contributed by atoms with Gasteiger partial charge in [-0.3, -0.25) is 14.4 Å². The lowest BCUT2D eigenvalue weighted by Gasteiger charge is -2.51. The van der Waals surface area contributed by atoms with Crippen molar-refractivity contribution < 1.29 is 32.6 Å². The van der Waals surface area contributed by atoms with Gasteiger partial charge in [-0.05, 0) is 36.1 Å². The number of halogens is 2. The van der Waals surface area contributed by atoms with Crippen molar-refractivity contribution in [2.45, 2.75) is 62.6 Å². The van der Waals surface area contributed by atoms with Crippen molar-refractivity contribution in [2.24, 2.45) is 5.41 Å². The van der Waals surface area contributed by atoms with Gasteiger partial charge in [0, 0.05) is 37.5 Å². The van der Waals surface area contributed by atoms with Crippen molar-refractivity contribution >= 4 is 17.7 Å². The topological polar surface area (TPSA) is 69.7 Å². The molecule has 0 unspecified atom stereocenters. The minimum atomic E-state index is -2.07. The summed E-state index contributed by atoms with van der Waals surface area (Å²) in [6, 6.07) is 11.4. The maximum absolute atomic E-state index is 15.0. The van der Waals surface area contributed by atoms with Crippen LogP contribution in [0, 0.1) is 17.0 Å². The van der Waals surface area contributed by atoms with E-state index in [-0.39, 0.29) is 29.8 Å². The van der Waals surface area contributed by atoms with Gasteiger partial charge in [-0.25, -0.2) is 8.78 Å². The Balaban J connectivity index is 1.71. The highest BCUT2D eigenvalue weighted by molar-refractivity contribution is 6.06. The van der Waals surface area contributed by atoms with Crippen molar-refractivity contribution in [1.82, 2.24) is 0 Å². The molecular formula is C26H24F2O5. The van der Waals surface area contributed by atoms with E-state index in [0.29, 0.717) is 12.8 Å². The number of benzene rings is 2. The van der Waals surface area contributed by atoms with Crippen LogP contribution in [0.1, 0.15) is 67.9 Å². The van der Waals surface area contributed by atoms with Crippen LogP contribution in [-0.2, 0) is 23.9 Å². The summed E-state index contributed by atoms with van der Waals surface area (Å²) >= 11 is 0. The molecule has 172 valence electrons. The number of ketones is 1. The maximum Gasteiger partial charge on any atom is 0.328 e. The molecule has 0 N–H and O–H groups in total. The lowest BCUT2D eigenvalue weighted by atomic mass is 9.55. The highest BCUT2D eigenvalue weighted by atomic mass is 19.1. The summed E-state index contributed by atoms with van der Waals surface area (Å²) in [5, 5.41) is 0. The second-order valence-electron chi connectivity index (χ2n) is 9.21. The minimum absolute atomic E-state index is 0.0420. The number of Topliss-reactive ketones (excluding diaryl/α,β-unsaturated/α-hetero) is 1. The Morgan fingerprint density at radius 2 is 1.15 bits per heavy atom. The Bertz CT molecular complexity index is 1040. The van der Waals surface area contributed by atoms with Crippen molar-refractivity contribution in [2.75, 3.05) is 0 Å². The zero-order valence-electron chi connectivity index (χ0n) is 18.0. The van der Waals surface area contributed by atoms with Crippen LogP contribution in [0.5, 0.6) is 0 Å². The Hall–Kier alpha value is -3.09. The lowest BCUT2D eigenvalue weighted by Crippen LogP contribution is -2.62. The Labute approximate surface area is 190 Å². The molecule has 7 heteroatoms. The number of carbonyl (C=O) groups excluding carboxylic acids is 3. The van der Waals surface area contributed by atoms with Crippen LogP contribution in [0.15, 0.2) is 48.5 Å². The van der Waals surface area contributed by atoms with Gasteiger partial charge in [-0.1, -0.05) is 42.8 Å². The van der Waals surface area contributed by atoms with E-state index in [4.69, 9.17) is 9.47 Å². The molecule has 1 heterocycles. The smallest absolute Gasteiger partial charge is 0.328 e. The normalized spacial score (nSPS) is 26.2. The largest absolute Gasteiger partial charge is 0.422 e. The average Bonchev–Trinajstić information content (AvgIpc) is 2.79. The van der Waals surface area contributed by atoms with Crippen molar-refractivity contribution in [3.05, 3.63) is 71.3 Å². The van der Waals surface area contributed by atoms with Gasteiger partial charge in [0.15, 0.2) is 5.41 Å². The van der Waals surface area contributed by atoms with Gasteiger partial charge in [-0.2, -0.15) is 0 Å². The van der Waals surface area contributed by atoms with E-state index in [1.165, 1.54) is 36.4 Å². The Morgan fingerprint density at radius 3 is 1.61 bits per heavy atom. The zero-order valence-corrected chi connectivity index (χ0v) is 18.0. The van der Waals surface area contributed by atoms with Crippen LogP contribution < -0.4 is 0 Å². The van der Waals surface area contributed by atoms with Gasteiger partial charge in [0.1, 0.15) is 17.4 Å². The van der Waals surface area contributed by atoms with Crippen molar-refractivity contribution in [3.8, 4) is 0 Å². The lowest BCUT2D eigenvalue weighted by molar-refractivity contribution is -0.275. The van der Waals surface area contributed by atoms with Gasteiger partial charge < -0.3 is 9.47 Å². The number of hydrogen-bond donors (Lipinski definition) is 0. The quantitative estimate of drug-likeness (QED) is 0.475. The minimum Gasteiger partial charge on any atom is -0.422 e. The summed E-state index contributed by atoms with van der Waals surface area (Å²) in [6.45, 7) is 0. The van der Waals surface area contributed by atoms with Crippen LogP contribution in [0.2, 0.25) is 0 Å². The van der Waals surface area contributed by atoms with E-state index >= 15 is 0 Å². The molecule has 2 atom stereocenters. The molecule has 2 aliphatic carbocycles. The van der Waals surface area contributed by atoms with Crippen LogP contribution in [-0.4, -0.2) is 23.5 Å². The highest BCUT2D eigenvalue weighted by Gasteiger charge is 2.69. The number of ether oxygens (including phenoxy) is 2. The second kappa shape index (κ2) is 8.04. The van der Waals surface area contributed by atoms with E-state index in [9.17, 15) is 23.2 Å². The maximum atomic E-state index is 15.0. The molecule has 3 fully saturated rings. The summed E-state index contributed by atoms with van der Waals surface area (Å²) < 4.78 is 41.6. The van der Waals surface area contributed by atoms with E-state index < -0.39 is 46.6 Å². The fourth-order valence-corrected chi connectivity index (χ4v) is 5.80. The number of esters is 2. The van der Waals surface area contributed by atoms with Crippen molar-refractivity contribution in [3.63, 3.8) is 0 Å². The molecule has 33 heavy (non-hydrogen) atoms. The fourth-order valence-electron chi connectivity index (χ4n) is 5.80. The zero-order chi connectivity index (χ0) is 23.2. The first-order valence-electron chi connectivity index (χ1n) is 11.3. The molecule has 0 radical (unpaired) electrons. The molecule has 2 saturated carbocycles. The molecule has 5 rings (SSSR count). The SMILES string of the molecule is O=C1C[C@H](c2ccccc2F)C2(C(=O)OC3(CCCCC3)OC2=O)[C@H](c2ccccc2F)C1. The molecule has 1 aliphatic heterocycles. The Morgan fingerprint density at radius 1 is 0.697 bits per heavy atom. The number of hydrogen-bond acceptors (Lipinski definition) is 5. The summed E-state index contributed by atoms with van der Waals surface area (Å²) in [7, 11) is 0. The fraction of sp³-hybridized carbons (Fsp3) is 0.423. The molecule has 2 aromatic carbocycles. The van der Waals surface area contributed by atoms with Crippen LogP contribution in [0.4, 0.5) is 8.78 Å². The molecule has 1 saturated heterocycles. The predicted molar refractivity (Wildman–Crippen MR) is 113 cm³/mol. The molecule has 5 nitrogen and oxygen atoms in total. The average molecular weight is 454 g/mol. The summed E-state index contributed by atoms with van der Waals surface area (Å²) in [5.74, 6) is -7.02. The van der Waals surface area contributed by atoms with E-state index in [1.54, 1.807) is 12.1 Å². The van der Waals surface area contributed by atoms with Crippen LogP contribution in [0.25, 0.3) is 0 Å². The molecule has 0 aromatic heterocycles. The van der Waals surface area contributed by atoms with E-state index in [2.05, 4.69) is 0 Å². The predicted octanol–water partition coefficient (Wildman–Crippen LogP) is 4.94. The third kappa shape index (κ3) is 3.36. The molecule has 3 aliphatic rings. The van der Waals surface area contributed by atoms with Gasteiger partial charge in [-0.15, -0.1) is 0 Å². The van der Waals surface area contributed by atoms with Gasteiger partial charge >= 0.3 is 11.9 Å². The number of rotatable bonds is 2. The molecular weight excluding hydrogens is 430 g/mol. The molecule has 0 bridgehead atoms. The summed E-state index contributed by atoms with van der Waals surface area (Å²) in [5.41, 5.74) is -1.98. The number of carbonyl (C=O) groups is 3. The third-order valence-electron chi connectivity index (χ3n) is 7.37. The second-order valence-corrected chi connectivity index (χ2v) is 9.21. The summed E-state index contributed by atoms with van der Waals surface area (Å²) in [6.07, 6.45) is 2.68. The van der Waals surface area contributed by atoms with Crippen molar-refractivity contribution in [1.29, 1.82) is 0 Å². The third-order valence-corrected chi connectivity index (χ3v) is 7.37. The van der Waals surface area contributed by atoms with Crippen LogP contribution >= 0.6 is 0 Å². The Kier molecular flexibility index (Phi) is 5.30. The first-order valence-corrected chi connectivity index (χ1v) is 11.3. The first kappa shape index (κ1) is 21.7. The summed E-state index contributed by atoms with van der Waals surface area (Å²) in [4.78, 5) is 40.6. The van der Waals surface area contributed by atoms with Gasteiger partial charge in [0.2, 0.25) is 0 Å². The first-order chi connectivity index (χ1) is 15.9.